The average molecular weight is 223 g/mol. The molecule has 3 unspecified atom stereocenters. The molecule has 0 N–H and O–H groups in total. The van der Waals surface area contributed by atoms with Crippen LogP contribution in [0.4, 0.5) is 0 Å². The highest BCUT2D eigenvalue weighted by Crippen LogP contribution is 2.24. The molecule has 1 saturated heterocycles. The lowest BCUT2D eigenvalue weighted by Crippen LogP contribution is -2.50. The maximum atomic E-state index is 11.0. The van der Waals surface area contributed by atoms with E-state index in [-0.39, 0.29) is 24.7 Å². The number of hydrogen-bond donors (Lipinski definition) is 0. The molecule has 0 spiro atoms. The third kappa shape index (κ3) is 2.83. The summed E-state index contributed by atoms with van der Waals surface area (Å²) in [6.45, 7) is 5.69. The number of esters is 1. The predicted octanol–water partition coefficient (Wildman–Crippen LogP) is 1.31. The zero-order valence-electron chi connectivity index (χ0n) is 8.58. The molecule has 5 heteroatoms. The van der Waals surface area contributed by atoms with Crippen LogP contribution in [0.3, 0.4) is 0 Å². The highest BCUT2D eigenvalue weighted by atomic mass is 35.5. The Hall–Kier alpha value is -0.320. The van der Waals surface area contributed by atoms with Crippen molar-refractivity contribution in [3.8, 4) is 0 Å². The van der Waals surface area contributed by atoms with Crippen molar-refractivity contribution in [2.45, 2.75) is 38.8 Å². The lowest BCUT2D eigenvalue weighted by molar-refractivity contribution is -0.307. The molecule has 0 amide bonds. The van der Waals surface area contributed by atoms with Gasteiger partial charge >= 0.3 is 5.97 Å². The largest absolute Gasteiger partial charge is 0.430 e. The van der Waals surface area contributed by atoms with Crippen LogP contribution in [0.2, 0.25) is 0 Å². The smallest absolute Gasteiger partial charge is 0.323 e. The van der Waals surface area contributed by atoms with Gasteiger partial charge in [-0.25, -0.2) is 0 Å². The Bertz CT molecular complexity index is 221. The molecule has 1 heterocycles. The fourth-order valence-corrected chi connectivity index (χ4v) is 1.32. The molecule has 1 aliphatic rings. The van der Waals surface area contributed by atoms with Crippen LogP contribution in [0.25, 0.3) is 0 Å². The van der Waals surface area contributed by atoms with Gasteiger partial charge in [0, 0.05) is 6.92 Å². The Morgan fingerprint density at radius 2 is 2.21 bits per heavy atom. The Labute approximate surface area is 88.5 Å². The number of carbonyl (C=O) groups excluding carboxylic acids is 1. The summed E-state index contributed by atoms with van der Waals surface area (Å²) in [4.78, 5) is 11.0. The molecule has 0 bridgehead atoms. The van der Waals surface area contributed by atoms with Crippen molar-refractivity contribution in [1.29, 1.82) is 0 Å². The van der Waals surface area contributed by atoms with Gasteiger partial charge in [-0.2, -0.15) is 0 Å². The highest BCUT2D eigenvalue weighted by molar-refractivity contribution is 6.26. The number of hydrogen-bond acceptors (Lipinski definition) is 4. The second kappa shape index (κ2) is 4.47. The van der Waals surface area contributed by atoms with E-state index in [0.717, 1.165) is 0 Å². The van der Waals surface area contributed by atoms with Crippen LogP contribution in [-0.2, 0) is 19.0 Å². The summed E-state index contributed by atoms with van der Waals surface area (Å²) in [6.07, 6.45) is -0.0883. The molecule has 0 saturated carbocycles. The summed E-state index contributed by atoms with van der Waals surface area (Å²) < 4.78 is 16.0. The maximum Gasteiger partial charge on any atom is 0.323 e. The fraction of sp³-hybridized carbons (Fsp3) is 0.889. The zero-order chi connectivity index (χ0) is 10.8. The molecule has 0 aromatic carbocycles. The predicted molar refractivity (Wildman–Crippen MR) is 51.2 cm³/mol. The van der Waals surface area contributed by atoms with Crippen LogP contribution in [-0.4, -0.2) is 36.5 Å². The van der Waals surface area contributed by atoms with E-state index in [9.17, 15) is 4.79 Å². The minimum Gasteiger partial charge on any atom is -0.430 e. The van der Waals surface area contributed by atoms with Gasteiger partial charge in [0.05, 0.1) is 12.2 Å². The van der Waals surface area contributed by atoms with Crippen LogP contribution in [0.5, 0.6) is 0 Å². The summed E-state index contributed by atoms with van der Waals surface area (Å²) in [7, 11) is 0. The van der Waals surface area contributed by atoms with E-state index in [4.69, 9.17) is 25.8 Å². The molecule has 0 radical (unpaired) electrons. The Kier molecular flexibility index (Phi) is 3.75. The lowest BCUT2D eigenvalue weighted by atomic mass is 10.2. The summed E-state index contributed by atoms with van der Waals surface area (Å²) in [6, 6.07) is 0. The van der Waals surface area contributed by atoms with Crippen molar-refractivity contribution < 1.29 is 19.0 Å². The van der Waals surface area contributed by atoms with Crippen LogP contribution >= 0.6 is 11.6 Å². The summed E-state index contributed by atoms with van der Waals surface area (Å²) in [5.74, 6) is -1.68. The van der Waals surface area contributed by atoms with Crippen LogP contribution in [0.15, 0.2) is 0 Å². The standard InChI is InChI=1S/C9H15ClO4/c1-6-7(2)13-9(3,5-12-6)14-8(11)4-10/h6-7H,4-5H2,1-3H3. The van der Waals surface area contributed by atoms with Gasteiger partial charge in [-0.15, -0.1) is 11.6 Å². The first-order valence-electron chi connectivity index (χ1n) is 4.54. The molecule has 0 aromatic rings. The summed E-state index contributed by atoms with van der Waals surface area (Å²) >= 11 is 5.33. The van der Waals surface area contributed by atoms with Gasteiger partial charge < -0.3 is 14.2 Å². The highest BCUT2D eigenvalue weighted by Gasteiger charge is 2.38. The van der Waals surface area contributed by atoms with Gasteiger partial charge in [0.1, 0.15) is 12.5 Å². The van der Waals surface area contributed by atoms with Crippen LogP contribution in [0, 0.1) is 0 Å². The molecule has 4 nitrogen and oxygen atoms in total. The zero-order valence-corrected chi connectivity index (χ0v) is 9.34. The monoisotopic (exact) mass is 222 g/mol. The van der Waals surface area contributed by atoms with E-state index in [1.807, 2.05) is 13.8 Å². The lowest BCUT2D eigenvalue weighted by Gasteiger charge is -2.39. The van der Waals surface area contributed by atoms with Crippen molar-refractivity contribution in [2.75, 3.05) is 12.5 Å². The number of ether oxygens (including phenoxy) is 3. The first kappa shape index (κ1) is 11.8. The van der Waals surface area contributed by atoms with Gasteiger partial charge in [0.2, 0.25) is 5.79 Å². The van der Waals surface area contributed by atoms with Crippen molar-refractivity contribution in [1.82, 2.24) is 0 Å². The van der Waals surface area contributed by atoms with Crippen LogP contribution in [0.1, 0.15) is 20.8 Å². The Morgan fingerprint density at radius 1 is 1.57 bits per heavy atom. The second-order valence-corrected chi connectivity index (χ2v) is 3.85. The van der Waals surface area contributed by atoms with E-state index in [1.165, 1.54) is 0 Å². The van der Waals surface area contributed by atoms with E-state index in [2.05, 4.69) is 0 Å². The number of rotatable bonds is 2. The van der Waals surface area contributed by atoms with Gasteiger partial charge in [0.25, 0.3) is 0 Å². The topological polar surface area (TPSA) is 44.8 Å². The van der Waals surface area contributed by atoms with Gasteiger partial charge in [-0.3, -0.25) is 4.79 Å². The summed E-state index contributed by atoms with van der Waals surface area (Å²) in [5.41, 5.74) is 0. The SMILES string of the molecule is CC1OCC(C)(OC(=O)CCl)OC1C. The first-order chi connectivity index (χ1) is 6.47. The van der Waals surface area contributed by atoms with E-state index >= 15 is 0 Å². The molecule has 1 aliphatic heterocycles. The van der Waals surface area contributed by atoms with Crippen molar-refractivity contribution >= 4 is 17.6 Å². The van der Waals surface area contributed by atoms with E-state index < -0.39 is 11.8 Å². The first-order valence-corrected chi connectivity index (χ1v) is 5.07. The van der Waals surface area contributed by atoms with Crippen molar-refractivity contribution in [2.24, 2.45) is 0 Å². The molecule has 82 valence electrons. The third-order valence-corrected chi connectivity index (χ3v) is 2.36. The Balaban J connectivity index is 2.54. The minimum atomic E-state index is -1.00. The molecular weight excluding hydrogens is 208 g/mol. The third-order valence-electron chi connectivity index (χ3n) is 2.14. The quantitative estimate of drug-likeness (QED) is 0.522. The van der Waals surface area contributed by atoms with Crippen molar-refractivity contribution in [3.63, 3.8) is 0 Å². The minimum absolute atomic E-state index is 0.0118. The molecule has 1 rings (SSSR count). The molecule has 14 heavy (non-hydrogen) atoms. The normalized spacial score (nSPS) is 38.0. The fourth-order valence-electron chi connectivity index (χ4n) is 1.26. The van der Waals surface area contributed by atoms with Crippen molar-refractivity contribution in [3.05, 3.63) is 0 Å². The van der Waals surface area contributed by atoms with E-state index in [1.54, 1.807) is 6.92 Å². The number of carbonyl (C=O) groups is 1. The average Bonchev–Trinajstić information content (AvgIpc) is 2.12. The molecule has 0 aliphatic carbocycles. The van der Waals surface area contributed by atoms with Gasteiger partial charge in [0.15, 0.2) is 0 Å². The maximum absolute atomic E-state index is 11.0. The number of alkyl halides is 1. The van der Waals surface area contributed by atoms with Gasteiger partial charge in [-0.1, -0.05) is 0 Å². The molecular formula is C9H15ClO4. The van der Waals surface area contributed by atoms with Gasteiger partial charge in [-0.05, 0) is 13.8 Å². The van der Waals surface area contributed by atoms with E-state index in [0.29, 0.717) is 0 Å². The molecule has 1 fully saturated rings. The summed E-state index contributed by atoms with van der Waals surface area (Å²) in [5, 5.41) is 0. The molecule has 0 aromatic heterocycles. The molecule has 3 atom stereocenters. The Morgan fingerprint density at radius 3 is 2.71 bits per heavy atom. The second-order valence-electron chi connectivity index (χ2n) is 3.58. The van der Waals surface area contributed by atoms with Crippen LogP contribution < -0.4 is 0 Å². The number of halogens is 1.